The molecule has 2 aromatic carbocycles. The maximum absolute atomic E-state index is 13.6. The molecule has 4 aromatic rings. The van der Waals surface area contributed by atoms with Gasteiger partial charge in [-0.1, -0.05) is 12.1 Å². The Bertz CT molecular complexity index is 1080. The summed E-state index contributed by atoms with van der Waals surface area (Å²) in [6, 6.07) is 12.0. The smallest absolute Gasteiger partial charge is 0.138 e. The number of benzene rings is 2. The minimum absolute atomic E-state index is 0.489. The van der Waals surface area contributed by atoms with E-state index in [4.69, 9.17) is 0 Å². The minimum Gasteiger partial charge on any atom is -0.339 e. The molecule has 0 fully saturated rings. The van der Waals surface area contributed by atoms with Crippen LogP contribution in [0.1, 0.15) is 16.7 Å². The highest BCUT2D eigenvalue weighted by atomic mass is 32.1. The van der Waals surface area contributed by atoms with Crippen LogP contribution in [0.4, 0.5) is 4.39 Å². The fourth-order valence-electron chi connectivity index (χ4n) is 3.29. The van der Waals surface area contributed by atoms with Crippen LogP contribution >= 0.6 is 12.6 Å². The van der Waals surface area contributed by atoms with Gasteiger partial charge in [0.25, 0.3) is 0 Å². The Hall–Kier alpha value is -2.33. The van der Waals surface area contributed by atoms with Gasteiger partial charge in [-0.25, -0.2) is 9.37 Å². The van der Waals surface area contributed by atoms with E-state index in [1.165, 1.54) is 0 Å². The van der Waals surface area contributed by atoms with Gasteiger partial charge in [0.1, 0.15) is 12.3 Å². The van der Waals surface area contributed by atoms with Crippen molar-refractivity contribution in [2.24, 2.45) is 0 Å². The van der Waals surface area contributed by atoms with Crippen LogP contribution in [0, 0.1) is 13.8 Å². The summed E-state index contributed by atoms with van der Waals surface area (Å²) in [4.78, 5) is 8.76. The van der Waals surface area contributed by atoms with Gasteiger partial charge in [0.05, 0.1) is 5.52 Å². The molecule has 0 aliphatic rings. The summed E-state index contributed by atoms with van der Waals surface area (Å²) in [5.41, 5.74) is 6.57. The zero-order valence-corrected chi connectivity index (χ0v) is 14.4. The average Bonchev–Trinajstić information content (AvgIpc) is 2.95. The van der Waals surface area contributed by atoms with Crippen LogP contribution < -0.4 is 0 Å². The standard InChI is InChI=1S/C20H17FN2S/c1-11-6-17-18-16(13-4-3-5-15(24)7-13)8-14(9-21)12(2)19(18)23-20(17)22-10-11/h3-8,10,24H,9H2,1-2H3,(H,22,23). The highest BCUT2D eigenvalue weighted by Gasteiger charge is 2.16. The number of fused-ring (bicyclic) bond motifs is 3. The van der Waals surface area contributed by atoms with Gasteiger partial charge >= 0.3 is 0 Å². The number of pyridine rings is 1. The molecule has 0 saturated carbocycles. The Morgan fingerprint density at radius 1 is 1.17 bits per heavy atom. The molecule has 1 N–H and O–H groups in total. The number of aromatic nitrogens is 2. The molecule has 0 aliphatic carbocycles. The lowest BCUT2D eigenvalue weighted by atomic mass is 9.94. The lowest BCUT2D eigenvalue weighted by Crippen LogP contribution is -1.91. The third-order valence-electron chi connectivity index (χ3n) is 4.53. The van der Waals surface area contributed by atoms with Crippen molar-refractivity contribution in [3.05, 3.63) is 59.3 Å². The van der Waals surface area contributed by atoms with Gasteiger partial charge in [0, 0.05) is 21.9 Å². The van der Waals surface area contributed by atoms with E-state index in [0.717, 1.165) is 49.1 Å². The summed E-state index contributed by atoms with van der Waals surface area (Å²) in [6.07, 6.45) is 1.84. The van der Waals surface area contributed by atoms with Crippen molar-refractivity contribution in [1.29, 1.82) is 0 Å². The third kappa shape index (κ3) is 2.29. The van der Waals surface area contributed by atoms with E-state index < -0.39 is 6.67 Å². The van der Waals surface area contributed by atoms with E-state index in [0.29, 0.717) is 5.56 Å². The highest BCUT2D eigenvalue weighted by molar-refractivity contribution is 7.80. The van der Waals surface area contributed by atoms with Gasteiger partial charge in [0.2, 0.25) is 0 Å². The lowest BCUT2D eigenvalue weighted by molar-refractivity contribution is 0.484. The minimum atomic E-state index is -0.489. The van der Waals surface area contributed by atoms with E-state index in [9.17, 15) is 4.39 Å². The zero-order chi connectivity index (χ0) is 16.8. The monoisotopic (exact) mass is 336 g/mol. The second-order valence-corrected chi connectivity index (χ2v) is 6.69. The Kier molecular flexibility index (Phi) is 3.57. The van der Waals surface area contributed by atoms with Crippen LogP contribution in [0.5, 0.6) is 0 Å². The van der Waals surface area contributed by atoms with Gasteiger partial charge in [-0.05, 0) is 65.9 Å². The molecule has 4 rings (SSSR count). The van der Waals surface area contributed by atoms with E-state index in [1.807, 2.05) is 50.4 Å². The Labute approximate surface area is 145 Å². The van der Waals surface area contributed by atoms with Crippen LogP contribution in [0.3, 0.4) is 0 Å². The molecule has 0 spiro atoms. The SMILES string of the molecule is Cc1cnc2[nH]c3c(C)c(CF)cc(-c4cccc(S)c4)c3c2c1. The predicted octanol–water partition coefficient (Wildman–Crippen LogP) is 5.76. The quantitative estimate of drug-likeness (QED) is 0.448. The molecule has 0 radical (unpaired) electrons. The Morgan fingerprint density at radius 3 is 2.75 bits per heavy atom. The topological polar surface area (TPSA) is 28.7 Å². The van der Waals surface area contributed by atoms with Gasteiger partial charge in [-0.3, -0.25) is 0 Å². The summed E-state index contributed by atoms with van der Waals surface area (Å²) in [5, 5.41) is 2.16. The van der Waals surface area contributed by atoms with E-state index in [1.54, 1.807) is 0 Å². The molecule has 0 aliphatic heterocycles. The van der Waals surface area contributed by atoms with Crippen LogP contribution in [0.15, 0.2) is 47.5 Å². The van der Waals surface area contributed by atoms with Crippen molar-refractivity contribution in [3.63, 3.8) is 0 Å². The summed E-state index contributed by atoms with van der Waals surface area (Å²) in [6.45, 7) is 3.50. The molecule has 0 unspecified atom stereocenters. The van der Waals surface area contributed by atoms with E-state index in [-0.39, 0.29) is 0 Å². The number of thiol groups is 1. The average molecular weight is 336 g/mol. The summed E-state index contributed by atoms with van der Waals surface area (Å²) < 4.78 is 13.6. The number of nitrogens with zero attached hydrogens (tertiary/aromatic N) is 1. The van der Waals surface area contributed by atoms with Crippen molar-refractivity contribution in [1.82, 2.24) is 9.97 Å². The molecule has 24 heavy (non-hydrogen) atoms. The van der Waals surface area contributed by atoms with Crippen LogP contribution in [-0.4, -0.2) is 9.97 Å². The first-order valence-corrected chi connectivity index (χ1v) is 8.29. The number of halogens is 1. The fraction of sp³-hybridized carbons (Fsp3) is 0.150. The van der Waals surface area contributed by atoms with Crippen LogP contribution in [0.2, 0.25) is 0 Å². The van der Waals surface area contributed by atoms with Crippen molar-refractivity contribution in [2.75, 3.05) is 0 Å². The number of aryl methyl sites for hydroxylation is 2. The first-order valence-electron chi connectivity index (χ1n) is 7.84. The number of hydrogen-bond donors (Lipinski definition) is 2. The molecule has 4 heteroatoms. The molecule has 0 bridgehead atoms. The second-order valence-electron chi connectivity index (χ2n) is 6.18. The van der Waals surface area contributed by atoms with Crippen molar-refractivity contribution >= 4 is 34.6 Å². The van der Waals surface area contributed by atoms with E-state index in [2.05, 4.69) is 28.7 Å². The maximum Gasteiger partial charge on any atom is 0.138 e. The normalized spacial score (nSPS) is 11.5. The van der Waals surface area contributed by atoms with E-state index >= 15 is 0 Å². The number of alkyl halides is 1. The summed E-state index contributed by atoms with van der Waals surface area (Å²) in [7, 11) is 0. The Balaban J connectivity index is 2.20. The van der Waals surface area contributed by atoms with Crippen LogP contribution in [-0.2, 0) is 6.67 Å². The van der Waals surface area contributed by atoms with Gasteiger partial charge in [-0.15, -0.1) is 12.6 Å². The van der Waals surface area contributed by atoms with Crippen molar-refractivity contribution in [3.8, 4) is 11.1 Å². The van der Waals surface area contributed by atoms with Crippen molar-refractivity contribution < 1.29 is 4.39 Å². The second kappa shape index (κ2) is 5.64. The number of rotatable bonds is 2. The molecule has 0 amide bonds. The number of nitrogens with one attached hydrogen (secondary N) is 1. The number of hydrogen-bond acceptors (Lipinski definition) is 2. The molecular formula is C20H17FN2S. The molecule has 2 aromatic heterocycles. The largest absolute Gasteiger partial charge is 0.339 e. The lowest BCUT2D eigenvalue weighted by Gasteiger charge is -2.11. The van der Waals surface area contributed by atoms with Crippen molar-refractivity contribution in [2.45, 2.75) is 25.4 Å². The third-order valence-corrected chi connectivity index (χ3v) is 4.81. The highest BCUT2D eigenvalue weighted by Crippen LogP contribution is 2.38. The predicted molar refractivity (Wildman–Crippen MR) is 101 cm³/mol. The number of aromatic amines is 1. The van der Waals surface area contributed by atoms with Gasteiger partial charge < -0.3 is 4.98 Å². The number of H-pyrrole nitrogens is 1. The maximum atomic E-state index is 13.6. The summed E-state index contributed by atoms with van der Waals surface area (Å²) >= 11 is 4.45. The zero-order valence-electron chi connectivity index (χ0n) is 13.5. The Morgan fingerprint density at radius 2 is 2.00 bits per heavy atom. The molecule has 0 saturated heterocycles. The summed E-state index contributed by atoms with van der Waals surface area (Å²) in [5.74, 6) is 0. The first kappa shape index (κ1) is 15.2. The van der Waals surface area contributed by atoms with Gasteiger partial charge in [0.15, 0.2) is 0 Å². The van der Waals surface area contributed by atoms with Gasteiger partial charge in [-0.2, -0.15) is 0 Å². The first-order chi connectivity index (χ1) is 11.6. The molecule has 120 valence electrons. The molecule has 2 heterocycles. The molecule has 0 atom stereocenters. The van der Waals surface area contributed by atoms with Crippen LogP contribution in [0.25, 0.3) is 33.1 Å². The fourth-order valence-corrected chi connectivity index (χ4v) is 3.52. The molecule has 2 nitrogen and oxygen atoms in total. The molecular weight excluding hydrogens is 319 g/mol.